The van der Waals surface area contributed by atoms with Crippen LogP contribution in [0.2, 0.25) is 5.02 Å². The molecule has 2 aromatic rings. The molecule has 4 rings (SSSR count). The van der Waals surface area contributed by atoms with Crippen molar-refractivity contribution in [2.75, 3.05) is 32.8 Å². The van der Waals surface area contributed by atoms with E-state index >= 15 is 0 Å². The van der Waals surface area contributed by atoms with Crippen molar-refractivity contribution >= 4 is 23.4 Å². The van der Waals surface area contributed by atoms with E-state index in [0.29, 0.717) is 49.7 Å². The number of carbonyl (C=O) groups is 2. The monoisotopic (exact) mass is 501 g/mol. The molecule has 7 nitrogen and oxygen atoms in total. The zero-order valence-electron chi connectivity index (χ0n) is 20.9. The minimum Gasteiger partial charge on any atom is -0.493 e. The summed E-state index contributed by atoms with van der Waals surface area (Å²) in [5.74, 6) is 1.72. The highest BCUT2D eigenvalue weighted by molar-refractivity contribution is 6.30. The summed E-state index contributed by atoms with van der Waals surface area (Å²) in [4.78, 5) is 30.4. The van der Waals surface area contributed by atoms with Gasteiger partial charge in [0.05, 0.1) is 12.3 Å². The standard InChI is InChI=1S/C27H36ClN3O4/c1-20-24(21(2)35-29-20)10-11-25(32)31-15-7-12-27(18-31,17-26(33)30-13-4-3-5-14-30)19-34-23-9-6-8-22(28)16-23/h6,8-9,16H,3-5,7,10-15,17-19H2,1-2H3/t27-/m0/s1. The zero-order chi connectivity index (χ0) is 24.8. The number of nitrogens with zero attached hydrogens (tertiary/aromatic N) is 3. The summed E-state index contributed by atoms with van der Waals surface area (Å²) in [6, 6.07) is 7.33. The van der Waals surface area contributed by atoms with E-state index < -0.39 is 5.41 Å². The van der Waals surface area contributed by atoms with Crippen molar-refractivity contribution in [1.82, 2.24) is 15.0 Å². The number of halogens is 1. The van der Waals surface area contributed by atoms with E-state index in [9.17, 15) is 9.59 Å². The highest BCUT2D eigenvalue weighted by Gasteiger charge is 2.41. The molecule has 190 valence electrons. The molecule has 0 radical (unpaired) electrons. The van der Waals surface area contributed by atoms with Crippen LogP contribution in [0.25, 0.3) is 0 Å². The van der Waals surface area contributed by atoms with Gasteiger partial charge in [-0.15, -0.1) is 0 Å². The molecule has 2 aliphatic heterocycles. The zero-order valence-corrected chi connectivity index (χ0v) is 21.6. The van der Waals surface area contributed by atoms with Crippen molar-refractivity contribution in [3.8, 4) is 5.75 Å². The van der Waals surface area contributed by atoms with Gasteiger partial charge in [-0.05, 0) is 70.6 Å². The van der Waals surface area contributed by atoms with Crippen LogP contribution in [0.4, 0.5) is 0 Å². The maximum atomic E-state index is 13.3. The highest BCUT2D eigenvalue weighted by Crippen LogP contribution is 2.36. The third-order valence-electron chi connectivity index (χ3n) is 7.36. The predicted molar refractivity (Wildman–Crippen MR) is 135 cm³/mol. The predicted octanol–water partition coefficient (Wildman–Crippen LogP) is 4.97. The Bertz CT molecular complexity index is 1010. The second-order valence-electron chi connectivity index (χ2n) is 10.1. The average molecular weight is 502 g/mol. The van der Waals surface area contributed by atoms with E-state index in [1.54, 1.807) is 6.07 Å². The normalized spacial score (nSPS) is 20.7. The van der Waals surface area contributed by atoms with E-state index in [1.807, 2.05) is 41.8 Å². The van der Waals surface area contributed by atoms with Crippen LogP contribution in [-0.4, -0.2) is 59.6 Å². The molecule has 8 heteroatoms. The second-order valence-corrected chi connectivity index (χ2v) is 10.5. The Hall–Kier alpha value is -2.54. The molecule has 3 heterocycles. The molecule has 1 atom stereocenters. The molecule has 1 aromatic heterocycles. The lowest BCUT2D eigenvalue weighted by Crippen LogP contribution is -2.51. The summed E-state index contributed by atoms with van der Waals surface area (Å²) in [6.07, 6.45) is 6.39. The van der Waals surface area contributed by atoms with E-state index in [4.69, 9.17) is 20.9 Å². The number of aryl methyl sites for hydroxylation is 2. The van der Waals surface area contributed by atoms with Crippen LogP contribution in [0.5, 0.6) is 5.75 Å². The van der Waals surface area contributed by atoms with Crippen molar-refractivity contribution in [2.24, 2.45) is 5.41 Å². The Morgan fingerprint density at radius 1 is 1.09 bits per heavy atom. The fraction of sp³-hybridized carbons (Fsp3) is 0.593. The topological polar surface area (TPSA) is 75.9 Å². The number of hydrogen-bond donors (Lipinski definition) is 0. The third-order valence-corrected chi connectivity index (χ3v) is 7.60. The molecule has 0 unspecified atom stereocenters. The first-order chi connectivity index (χ1) is 16.8. The fourth-order valence-electron chi connectivity index (χ4n) is 5.35. The van der Waals surface area contributed by atoms with Crippen molar-refractivity contribution in [2.45, 2.75) is 65.2 Å². The first-order valence-corrected chi connectivity index (χ1v) is 13.1. The Morgan fingerprint density at radius 3 is 2.57 bits per heavy atom. The SMILES string of the molecule is Cc1noc(C)c1CCC(=O)N1CCC[C@](COc2cccc(Cl)c2)(CC(=O)N2CCCCC2)C1. The Morgan fingerprint density at radius 2 is 1.86 bits per heavy atom. The van der Waals surface area contributed by atoms with E-state index in [-0.39, 0.29) is 11.8 Å². The van der Waals surface area contributed by atoms with Crippen molar-refractivity contribution in [3.05, 3.63) is 46.3 Å². The summed E-state index contributed by atoms with van der Waals surface area (Å²) in [5.41, 5.74) is 1.42. The number of carbonyl (C=O) groups excluding carboxylic acids is 2. The Labute approximate surface area is 212 Å². The van der Waals surface area contributed by atoms with Gasteiger partial charge in [0, 0.05) is 55.0 Å². The Balaban J connectivity index is 1.46. The van der Waals surface area contributed by atoms with Gasteiger partial charge in [0.2, 0.25) is 11.8 Å². The van der Waals surface area contributed by atoms with Crippen LogP contribution in [0.3, 0.4) is 0 Å². The van der Waals surface area contributed by atoms with Gasteiger partial charge < -0.3 is 19.1 Å². The molecule has 2 saturated heterocycles. The second kappa shape index (κ2) is 11.5. The van der Waals surface area contributed by atoms with Gasteiger partial charge in [-0.3, -0.25) is 9.59 Å². The molecule has 0 aliphatic carbocycles. The molecule has 1 aromatic carbocycles. The van der Waals surface area contributed by atoms with Crippen LogP contribution in [0.15, 0.2) is 28.8 Å². The number of rotatable bonds is 8. The van der Waals surface area contributed by atoms with Gasteiger partial charge in [-0.1, -0.05) is 22.8 Å². The van der Waals surface area contributed by atoms with Crippen LogP contribution >= 0.6 is 11.6 Å². The molecular formula is C27H36ClN3O4. The van der Waals surface area contributed by atoms with Gasteiger partial charge in [0.1, 0.15) is 11.5 Å². The van der Waals surface area contributed by atoms with E-state index in [1.165, 1.54) is 6.42 Å². The average Bonchev–Trinajstić information content (AvgIpc) is 3.19. The molecule has 0 saturated carbocycles. The maximum Gasteiger partial charge on any atom is 0.223 e. The lowest BCUT2D eigenvalue weighted by atomic mass is 9.77. The molecule has 2 aliphatic rings. The molecule has 0 bridgehead atoms. The lowest BCUT2D eigenvalue weighted by Gasteiger charge is -2.43. The van der Waals surface area contributed by atoms with Crippen molar-refractivity contribution in [1.29, 1.82) is 0 Å². The molecule has 2 amide bonds. The molecule has 2 fully saturated rings. The summed E-state index contributed by atoms with van der Waals surface area (Å²) in [5, 5.41) is 4.61. The quantitative estimate of drug-likeness (QED) is 0.510. The number of hydrogen-bond acceptors (Lipinski definition) is 5. The molecule has 0 spiro atoms. The minimum absolute atomic E-state index is 0.0993. The van der Waals surface area contributed by atoms with Gasteiger partial charge in [-0.2, -0.15) is 0 Å². The Kier molecular flexibility index (Phi) is 8.37. The number of amides is 2. The lowest BCUT2D eigenvalue weighted by molar-refractivity contribution is -0.142. The third kappa shape index (κ3) is 6.57. The van der Waals surface area contributed by atoms with Gasteiger partial charge in [0.25, 0.3) is 0 Å². The maximum absolute atomic E-state index is 13.3. The number of benzene rings is 1. The highest BCUT2D eigenvalue weighted by atomic mass is 35.5. The summed E-state index contributed by atoms with van der Waals surface area (Å²) in [6.45, 7) is 7.03. The fourth-order valence-corrected chi connectivity index (χ4v) is 5.53. The first kappa shape index (κ1) is 25.5. The number of likely N-dealkylation sites (tertiary alicyclic amines) is 2. The number of ether oxygens (including phenoxy) is 1. The van der Waals surface area contributed by atoms with Gasteiger partial charge in [-0.25, -0.2) is 0 Å². The molecular weight excluding hydrogens is 466 g/mol. The summed E-state index contributed by atoms with van der Waals surface area (Å²) >= 11 is 6.15. The number of aromatic nitrogens is 1. The van der Waals surface area contributed by atoms with Crippen molar-refractivity contribution < 1.29 is 18.8 Å². The number of piperidine rings is 2. The largest absolute Gasteiger partial charge is 0.493 e. The molecule has 0 N–H and O–H groups in total. The minimum atomic E-state index is -0.423. The summed E-state index contributed by atoms with van der Waals surface area (Å²) in [7, 11) is 0. The molecule has 35 heavy (non-hydrogen) atoms. The van der Waals surface area contributed by atoms with Crippen LogP contribution in [0, 0.1) is 19.3 Å². The van der Waals surface area contributed by atoms with Crippen LogP contribution < -0.4 is 4.74 Å². The van der Waals surface area contributed by atoms with Crippen molar-refractivity contribution in [3.63, 3.8) is 0 Å². The summed E-state index contributed by atoms with van der Waals surface area (Å²) < 4.78 is 11.4. The van der Waals surface area contributed by atoms with Gasteiger partial charge >= 0.3 is 0 Å². The first-order valence-electron chi connectivity index (χ1n) is 12.7. The van der Waals surface area contributed by atoms with E-state index in [0.717, 1.165) is 55.8 Å². The van der Waals surface area contributed by atoms with Gasteiger partial charge in [0.15, 0.2) is 0 Å². The van der Waals surface area contributed by atoms with Crippen LogP contribution in [-0.2, 0) is 16.0 Å². The smallest absolute Gasteiger partial charge is 0.223 e. The van der Waals surface area contributed by atoms with E-state index in [2.05, 4.69) is 5.16 Å². The van der Waals surface area contributed by atoms with Crippen LogP contribution in [0.1, 0.15) is 62.0 Å².